The van der Waals surface area contributed by atoms with Crippen LogP contribution in [0.15, 0.2) is 30.5 Å². The zero-order valence-corrected chi connectivity index (χ0v) is 19.1. The number of benzene rings is 1. The fourth-order valence-electron chi connectivity index (χ4n) is 3.62. The quantitative estimate of drug-likeness (QED) is 0.623. The molecule has 32 heavy (non-hydrogen) atoms. The molecule has 1 fully saturated rings. The van der Waals surface area contributed by atoms with Crippen LogP contribution >= 0.6 is 0 Å². The van der Waals surface area contributed by atoms with Gasteiger partial charge >= 0.3 is 6.09 Å². The largest absolute Gasteiger partial charge is 0.444 e. The average Bonchev–Trinajstić information content (AvgIpc) is 2.73. The lowest BCUT2D eigenvalue weighted by Gasteiger charge is -2.33. The van der Waals surface area contributed by atoms with E-state index in [-0.39, 0.29) is 11.8 Å². The van der Waals surface area contributed by atoms with Gasteiger partial charge in [0.25, 0.3) is 5.91 Å². The minimum atomic E-state index is -0.642. The molecule has 1 aromatic heterocycles. The van der Waals surface area contributed by atoms with Gasteiger partial charge in [-0.25, -0.2) is 14.8 Å². The molecule has 0 saturated carbocycles. The summed E-state index contributed by atoms with van der Waals surface area (Å²) in [6.45, 7) is 9.62. The average molecular weight is 441 g/mol. The van der Waals surface area contributed by atoms with Crippen molar-refractivity contribution in [3.05, 3.63) is 41.7 Å². The van der Waals surface area contributed by atoms with E-state index in [2.05, 4.69) is 32.7 Å². The lowest BCUT2D eigenvalue weighted by molar-refractivity contribution is 0.0204. The van der Waals surface area contributed by atoms with E-state index in [0.717, 1.165) is 18.5 Å². The van der Waals surface area contributed by atoms with Crippen molar-refractivity contribution in [2.75, 3.05) is 30.3 Å². The number of amides is 2. The standard InChI is InChI=1S/C23H32N6O3/c1-5-25-18-14-26-19(20(24)30)21(28-18)27-17-8-6-15(7-9-17)16-10-12-29(13-11-16)22(31)32-23(2,3)4/h6-9,14,16H,5,10-13H2,1-4H3,(H2,24,30)(H2,25,27,28). The Morgan fingerprint density at radius 3 is 2.41 bits per heavy atom. The van der Waals surface area contributed by atoms with Crippen LogP contribution in [0.25, 0.3) is 0 Å². The van der Waals surface area contributed by atoms with Crippen molar-refractivity contribution < 1.29 is 14.3 Å². The summed E-state index contributed by atoms with van der Waals surface area (Å²) in [5, 5.41) is 6.22. The number of aromatic nitrogens is 2. The van der Waals surface area contributed by atoms with Gasteiger partial charge in [0.1, 0.15) is 11.4 Å². The number of hydrogen-bond acceptors (Lipinski definition) is 7. The smallest absolute Gasteiger partial charge is 0.410 e. The van der Waals surface area contributed by atoms with Crippen LogP contribution in [-0.4, -0.2) is 52.1 Å². The van der Waals surface area contributed by atoms with Crippen LogP contribution in [-0.2, 0) is 4.74 Å². The van der Waals surface area contributed by atoms with Crippen molar-refractivity contribution >= 4 is 29.3 Å². The van der Waals surface area contributed by atoms with Crippen LogP contribution in [0.5, 0.6) is 0 Å². The first-order valence-electron chi connectivity index (χ1n) is 10.9. The Balaban J connectivity index is 1.63. The number of carbonyl (C=O) groups is 2. The Bertz CT molecular complexity index is 947. The molecule has 1 aromatic carbocycles. The first-order chi connectivity index (χ1) is 15.2. The number of carbonyl (C=O) groups excluding carboxylic acids is 2. The summed E-state index contributed by atoms with van der Waals surface area (Å²) < 4.78 is 5.47. The number of anilines is 3. The van der Waals surface area contributed by atoms with Crippen molar-refractivity contribution in [2.24, 2.45) is 5.73 Å². The van der Waals surface area contributed by atoms with Gasteiger partial charge in [-0.05, 0) is 64.2 Å². The highest BCUT2D eigenvalue weighted by molar-refractivity contribution is 5.96. The van der Waals surface area contributed by atoms with E-state index in [0.29, 0.717) is 37.2 Å². The normalized spacial score (nSPS) is 14.7. The topological polar surface area (TPSA) is 122 Å². The number of likely N-dealkylation sites (tertiary alicyclic amines) is 1. The highest BCUT2D eigenvalue weighted by Gasteiger charge is 2.27. The third kappa shape index (κ3) is 6.09. The van der Waals surface area contributed by atoms with Crippen molar-refractivity contribution in [1.82, 2.24) is 14.9 Å². The molecule has 9 heteroatoms. The minimum Gasteiger partial charge on any atom is -0.444 e. The van der Waals surface area contributed by atoms with E-state index >= 15 is 0 Å². The summed E-state index contributed by atoms with van der Waals surface area (Å²) in [5.74, 6) is 0.611. The van der Waals surface area contributed by atoms with Crippen molar-refractivity contribution in [1.29, 1.82) is 0 Å². The molecular formula is C23H32N6O3. The number of ether oxygens (including phenoxy) is 1. The second-order valence-corrected chi connectivity index (χ2v) is 8.84. The number of primary amides is 1. The Morgan fingerprint density at radius 2 is 1.84 bits per heavy atom. The summed E-state index contributed by atoms with van der Waals surface area (Å²) in [4.78, 5) is 34.3. The zero-order chi connectivity index (χ0) is 23.3. The Hall–Kier alpha value is -3.36. The molecule has 2 aromatic rings. The highest BCUT2D eigenvalue weighted by atomic mass is 16.6. The molecule has 2 amide bonds. The number of nitrogens with one attached hydrogen (secondary N) is 2. The maximum Gasteiger partial charge on any atom is 0.410 e. The van der Waals surface area contributed by atoms with E-state index in [1.54, 1.807) is 4.90 Å². The molecule has 9 nitrogen and oxygen atoms in total. The third-order valence-corrected chi connectivity index (χ3v) is 5.16. The van der Waals surface area contributed by atoms with Gasteiger partial charge in [-0.2, -0.15) is 0 Å². The highest BCUT2D eigenvalue weighted by Crippen LogP contribution is 2.30. The Labute approximate surface area is 188 Å². The van der Waals surface area contributed by atoms with Crippen LogP contribution in [0.2, 0.25) is 0 Å². The molecule has 0 radical (unpaired) electrons. The van der Waals surface area contributed by atoms with Crippen molar-refractivity contribution in [3.8, 4) is 0 Å². The summed E-state index contributed by atoms with van der Waals surface area (Å²) in [7, 11) is 0. The van der Waals surface area contributed by atoms with Gasteiger partial charge in [-0.15, -0.1) is 0 Å². The van der Waals surface area contributed by atoms with Crippen LogP contribution in [0, 0.1) is 0 Å². The SMILES string of the molecule is CCNc1cnc(C(N)=O)c(Nc2ccc(C3CCN(C(=O)OC(C)(C)C)CC3)cc2)n1. The monoisotopic (exact) mass is 440 g/mol. The zero-order valence-electron chi connectivity index (χ0n) is 19.1. The van der Waals surface area contributed by atoms with Gasteiger partial charge in [-0.1, -0.05) is 12.1 Å². The maximum atomic E-state index is 12.3. The number of rotatable bonds is 6. The third-order valence-electron chi connectivity index (χ3n) is 5.16. The minimum absolute atomic E-state index is 0.0882. The van der Waals surface area contributed by atoms with Gasteiger partial charge in [0, 0.05) is 25.3 Å². The van der Waals surface area contributed by atoms with E-state index < -0.39 is 11.5 Å². The lowest BCUT2D eigenvalue weighted by atomic mass is 9.89. The number of piperidine rings is 1. The number of nitrogens with zero attached hydrogens (tertiary/aromatic N) is 3. The van der Waals surface area contributed by atoms with Crippen LogP contribution in [0.4, 0.5) is 22.1 Å². The molecule has 1 aliphatic heterocycles. The molecule has 3 rings (SSSR count). The molecule has 0 aliphatic carbocycles. The van der Waals surface area contributed by atoms with E-state index in [9.17, 15) is 9.59 Å². The maximum absolute atomic E-state index is 12.3. The molecule has 4 N–H and O–H groups in total. The second-order valence-electron chi connectivity index (χ2n) is 8.84. The van der Waals surface area contributed by atoms with E-state index in [1.165, 1.54) is 11.8 Å². The molecular weight excluding hydrogens is 408 g/mol. The van der Waals surface area contributed by atoms with Crippen molar-refractivity contribution in [3.63, 3.8) is 0 Å². The van der Waals surface area contributed by atoms with Gasteiger partial charge in [0.15, 0.2) is 11.5 Å². The summed E-state index contributed by atoms with van der Waals surface area (Å²) in [5.41, 5.74) is 7.04. The van der Waals surface area contributed by atoms with Crippen LogP contribution in [0.1, 0.15) is 62.5 Å². The molecule has 0 bridgehead atoms. The summed E-state index contributed by atoms with van der Waals surface area (Å²) in [6.07, 6.45) is 3.01. The fourth-order valence-corrected chi connectivity index (χ4v) is 3.62. The van der Waals surface area contributed by atoms with Crippen molar-refractivity contribution in [2.45, 2.75) is 52.1 Å². The first-order valence-corrected chi connectivity index (χ1v) is 10.9. The molecule has 2 heterocycles. The number of nitrogens with two attached hydrogens (primary N) is 1. The van der Waals surface area contributed by atoms with Crippen LogP contribution < -0.4 is 16.4 Å². The summed E-state index contributed by atoms with van der Waals surface area (Å²) >= 11 is 0. The fraction of sp³-hybridized carbons (Fsp3) is 0.478. The molecule has 0 atom stereocenters. The van der Waals surface area contributed by atoms with Gasteiger partial charge in [0.2, 0.25) is 0 Å². The lowest BCUT2D eigenvalue weighted by Crippen LogP contribution is -2.41. The molecule has 1 saturated heterocycles. The van der Waals surface area contributed by atoms with Gasteiger partial charge in [-0.3, -0.25) is 4.79 Å². The predicted molar refractivity (Wildman–Crippen MR) is 124 cm³/mol. The predicted octanol–water partition coefficient (Wildman–Crippen LogP) is 3.87. The van der Waals surface area contributed by atoms with E-state index in [1.807, 2.05) is 39.8 Å². The molecule has 0 spiro atoms. The van der Waals surface area contributed by atoms with Crippen LogP contribution in [0.3, 0.4) is 0 Å². The molecule has 0 unspecified atom stereocenters. The Morgan fingerprint density at radius 1 is 1.19 bits per heavy atom. The first kappa shape index (κ1) is 23.3. The Kier molecular flexibility index (Phi) is 7.17. The van der Waals surface area contributed by atoms with Gasteiger partial charge in [0.05, 0.1) is 6.20 Å². The van der Waals surface area contributed by atoms with Gasteiger partial charge < -0.3 is 26.0 Å². The molecule has 1 aliphatic rings. The number of hydrogen-bond donors (Lipinski definition) is 3. The molecule has 172 valence electrons. The summed E-state index contributed by atoms with van der Waals surface area (Å²) in [6, 6.07) is 8.01. The van der Waals surface area contributed by atoms with E-state index in [4.69, 9.17) is 10.5 Å². The second kappa shape index (κ2) is 9.84.